The first-order valence-corrected chi connectivity index (χ1v) is 11.9. The van der Waals surface area contributed by atoms with E-state index in [0.717, 1.165) is 0 Å². The van der Waals surface area contributed by atoms with Gasteiger partial charge in [-0.15, -0.1) is 0 Å². The fraction of sp³-hybridized carbons (Fsp3) is 0.429. The Balaban J connectivity index is 1.58. The van der Waals surface area contributed by atoms with Crippen LogP contribution in [0.1, 0.15) is 45.1 Å². The molecular weight excluding hydrogens is 416 g/mol. The molecule has 3 aromatic carbocycles. The predicted molar refractivity (Wildman–Crippen MR) is 131 cm³/mol. The van der Waals surface area contributed by atoms with Crippen molar-refractivity contribution in [1.29, 1.82) is 0 Å². The van der Waals surface area contributed by atoms with Gasteiger partial charge in [0.05, 0.1) is 25.0 Å². The summed E-state index contributed by atoms with van der Waals surface area (Å²) in [5.41, 5.74) is 1.18. The maximum absolute atomic E-state index is 12.6. The molecule has 0 fully saturated rings. The molecule has 0 heterocycles. The van der Waals surface area contributed by atoms with Gasteiger partial charge in [0.1, 0.15) is 0 Å². The van der Waals surface area contributed by atoms with Gasteiger partial charge in [-0.2, -0.15) is 0 Å². The van der Waals surface area contributed by atoms with Gasteiger partial charge in [-0.05, 0) is 58.9 Å². The molecule has 2 atom stereocenters. The lowest BCUT2D eigenvalue weighted by atomic mass is 9.93. The Kier molecular flexibility index (Phi) is 9.25. The van der Waals surface area contributed by atoms with Crippen LogP contribution < -0.4 is 0 Å². The summed E-state index contributed by atoms with van der Waals surface area (Å²) in [7, 11) is 0. The quantitative estimate of drug-likeness (QED) is 0.226. The molecule has 1 N–H and O–H groups in total. The molecular formula is C28H34O5. The highest BCUT2D eigenvalue weighted by atomic mass is 16.5. The molecule has 0 spiro atoms. The summed E-state index contributed by atoms with van der Waals surface area (Å²) >= 11 is 0. The van der Waals surface area contributed by atoms with Crippen molar-refractivity contribution in [3.63, 3.8) is 0 Å². The van der Waals surface area contributed by atoms with Crippen LogP contribution in [-0.4, -0.2) is 36.9 Å². The molecule has 0 saturated carbocycles. The monoisotopic (exact) mass is 450 g/mol. The van der Waals surface area contributed by atoms with Gasteiger partial charge in [-0.3, -0.25) is 9.59 Å². The molecule has 5 nitrogen and oxygen atoms in total. The molecule has 176 valence electrons. The molecule has 0 amide bonds. The summed E-state index contributed by atoms with van der Waals surface area (Å²) in [6, 6.07) is 18.7. The minimum absolute atomic E-state index is 0.0895. The number of aliphatic hydroxyl groups excluding tert-OH is 1. The third kappa shape index (κ3) is 6.55. The minimum atomic E-state index is -0.385. The van der Waals surface area contributed by atoms with Gasteiger partial charge in [0.2, 0.25) is 0 Å². The Bertz CT molecular complexity index is 1020. The van der Waals surface area contributed by atoms with Crippen LogP contribution in [0.25, 0.3) is 21.5 Å². The van der Waals surface area contributed by atoms with Crippen LogP contribution >= 0.6 is 0 Å². The number of ether oxygens (including phenoxy) is 2. The third-order valence-electron chi connectivity index (χ3n) is 6.14. The molecule has 33 heavy (non-hydrogen) atoms. The van der Waals surface area contributed by atoms with E-state index in [0.29, 0.717) is 45.3 Å². The molecule has 0 radical (unpaired) electrons. The summed E-state index contributed by atoms with van der Waals surface area (Å²) < 4.78 is 10.9. The standard InChI is InChI=1S/C28H34O5/c1-3-21(28(31)32-16-9-8-15-29)18-20(2)27(30)33-17-14-26-24-12-6-4-10-22(24)19-23-11-5-7-13-25(23)26/h4-7,10-13,19-21,29H,3,8-9,14-18H2,1-2H3. The Hall–Kier alpha value is -2.92. The topological polar surface area (TPSA) is 72.8 Å². The van der Waals surface area contributed by atoms with E-state index in [1.54, 1.807) is 6.92 Å². The lowest BCUT2D eigenvalue weighted by molar-refractivity contribution is -0.152. The lowest BCUT2D eigenvalue weighted by Gasteiger charge is -2.18. The Morgan fingerprint density at radius 3 is 2.09 bits per heavy atom. The maximum atomic E-state index is 12.6. The normalized spacial score (nSPS) is 13.1. The SMILES string of the molecule is CCC(CC(C)C(=O)OCCc1c2ccccc2cc2ccccc12)C(=O)OCCCCO. The Morgan fingerprint density at radius 2 is 1.48 bits per heavy atom. The van der Waals surface area contributed by atoms with Crippen molar-refractivity contribution in [3.05, 3.63) is 60.2 Å². The first-order valence-electron chi connectivity index (χ1n) is 11.9. The van der Waals surface area contributed by atoms with Crippen molar-refractivity contribution in [2.24, 2.45) is 11.8 Å². The van der Waals surface area contributed by atoms with E-state index in [9.17, 15) is 9.59 Å². The van der Waals surface area contributed by atoms with Crippen molar-refractivity contribution in [3.8, 4) is 0 Å². The molecule has 2 unspecified atom stereocenters. The summed E-state index contributed by atoms with van der Waals surface area (Å²) in [5, 5.41) is 13.5. The number of esters is 2. The molecule has 0 aliphatic heterocycles. The smallest absolute Gasteiger partial charge is 0.308 e. The molecule has 3 aromatic rings. The number of hydrogen-bond acceptors (Lipinski definition) is 5. The second-order valence-electron chi connectivity index (χ2n) is 8.56. The average molecular weight is 451 g/mol. The van der Waals surface area contributed by atoms with Crippen molar-refractivity contribution in [2.75, 3.05) is 19.8 Å². The second kappa shape index (κ2) is 12.4. The van der Waals surface area contributed by atoms with Gasteiger partial charge >= 0.3 is 11.9 Å². The molecule has 0 aliphatic rings. The highest BCUT2D eigenvalue weighted by Gasteiger charge is 2.25. The van der Waals surface area contributed by atoms with Crippen molar-refractivity contribution in [2.45, 2.75) is 46.0 Å². The number of benzene rings is 3. The van der Waals surface area contributed by atoms with E-state index in [1.807, 2.05) is 31.2 Å². The van der Waals surface area contributed by atoms with Crippen LogP contribution in [0.2, 0.25) is 0 Å². The average Bonchev–Trinajstić information content (AvgIpc) is 2.84. The summed E-state index contributed by atoms with van der Waals surface area (Å²) in [6.45, 7) is 4.41. The van der Waals surface area contributed by atoms with Crippen molar-refractivity contribution < 1.29 is 24.2 Å². The zero-order valence-corrected chi connectivity index (χ0v) is 19.6. The first-order chi connectivity index (χ1) is 16.0. The highest BCUT2D eigenvalue weighted by molar-refractivity contribution is 6.02. The lowest BCUT2D eigenvalue weighted by Crippen LogP contribution is -2.25. The van der Waals surface area contributed by atoms with Crippen molar-refractivity contribution in [1.82, 2.24) is 0 Å². The number of hydrogen-bond donors (Lipinski definition) is 1. The zero-order valence-electron chi connectivity index (χ0n) is 19.6. The van der Waals surface area contributed by atoms with Gasteiger partial charge in [0, 0.05) is 13.0 Å². The maximum Gasteiger partial charge on any atom is 0.308 e. The number of rotatable bonds is 12. The summed E-state index contributed by atoms with van der Waals surface area (Å²) in [5.74, 6) is -1.28. The fourth-order valence-electron chi connectivity index (χ4n) is 4.23. The Morgan fingerprint density at radius 1 is 0.879 bits per heavy atom. The van der Waals surface area contributed by atoms with E-state index in [1.165, 1.54) is 27.1 Å². The molecule has 5 heteroatoms. The van der Waals surface area contributed by atoms with E-state index in [4.69, 9.17) is 14.6 Å². The molecule has 3 rings (SSSR count). The second-order valence-corrected chi connectivity index (χ2v) is 8.56. The predicted octanol–water partition coefficient (Wildman–Crippen LogP) is 5.45. The highest BCUT2D eigenvalue weighted by Crippen LogP contribution is 2.29. The van der Waals surface area contributed by atoms with Crippen LogP contribution in [0, 0.1) is 11.8 Å². The number of unbranched alkanes of at least 4 members (excludes halogenated alkanes) is 1. The van der Waals surface area contributed by atoms with Crippen LogP contribution in [0.3, 0.4) is 0 Å². The van der Waals surface area contributed by atoms with Crippen LogP contribution in [0.15, 0.2) is 54.6 Å². The van der Waals surface area contributed by atoms with Gasteiger partial charge in [-0.25, -0.2) is 0 Å². The van der Waals surface area contributed by atoms with Gasteiger partial charge in [0.15, 0.2) is 0 Å². The van der Waals surface area contributed by atoms with Gasteiger partial charge < -0.3 is 14.6 Å². The van der Waals surface area contributed by atoms with Crippen LogP contribution in [-0.2, 0) is 25.5 Å². The largest absolute Gasteiger partial charge is 0.465 e. The van der Waals surface area contributed by atoms with Gasteiger partial charge in [0.25, 0.3) is 0 Å². The fourth-order valence-corrected chi connectivity index (χ4v) is 4.23. The van der Waals surface area contributed by atoms with E-state index in [2.05, 4.69) is 30.3 Å². The van der Waals surface area contributed by atoms with E-state index >= 15 is 0 Å². The minimum Gasteiger partial charge on any atom is -0.465 e. The molecule has 0 bridgehead atoms. The Labute approximate surface area is 195 Å². The molecule has 0 aliphatic carbocycles. The van der Waals surface area contributed by atoms with Crippen LogP contribution in [0.5, 0.6) is 0 Å². The van der Waals surface area contributed by atoms with Crippen molar-refractivity contribution >= 4 is 33.5 Å². The first kappa shape index (κ1) is 24.7. The number of carbonyl (C=O) groups is 2. The van der Waals surface area contributed by atoms with E-state index in [-0.39, 0.29) is 30.4 Å². The third-order valence-corrected chi connectivity index (χ3v) is 6.14. The zero-order chi connectivity index (χ0) is 23.6. The molecule has 0 saturated heterocycles. The number of carbonyl (C=O) groups excluding carboxylic acids is 2. The van der Waals surface area contributed by atoms with E-state index < -0.39 is 0 Å². The van der Waals surface area contributed by atoms with Gasteiger partial charge in [-0.1, -0.05) is 62.4 Å². The molecule has 0 aromatic heterocycles. The summed E-state index contributed by atoms with van der Waals surface area (Å²) in [6.07, 6.45) is 2.89. The number of aliphatic hydroxyl groups is 1. The summed E-state index contributed by atoms with van der Waals surface area (Å²) in [4.78, 5) is 24.9. The number of fused-ring (bicyclic) bond motifs is 2. The van der Waals surface area contributed by atoms with Crippen LogP contribution in [0.4, 0.5) is 0 Å².